The molecular formula is C21H30F2N4O. The number of ether oxygens (including phenoxy) is 1. The zero-order valence-electron chi connectivity index (χ0n) is 16.5. The highest BCUT2D eigenvalue weighted by atomic mass is 19.1. The van der Waals surface area contributed by atoms with Crippen molar-refractivity contribution in [1.82, 2.24) is 15.5 Å². The van der Waals surface area contributed by atoms with Gasteiger partial charge in [-0.1, -0.05) is 17.7 Å². The first-order chi connectivity index (χ1) is 13.7. The number of nitrogens with one attached hydrogen (secondary N) is 2. The molecule has 0 aromatic heterocycles. The van der Waals surface area contributed by atoms with Gasteiger partial charge in [-0.05, 0) is 44.4 Å². The molecular weight excluding hydrogens is 362 g/mol. The maximum atomic E-state index is 13.9. The normalized spacial score (nSPS) is 21.3. The lowest BCUT2D eigenvalue weighted by molar-refractivity contribution is 0.153. The Morgan fingerprint density at radius 1 is 1.32 bits per heavy atom. The van der Waals surface area contributed by atoms with E-state index in [1.807, 2.05) is 0 Å². The molecule has 0 radical (unpaired) electrons. The summed E-state index contributed by atoms with van der Waals surface area (Å²) in [6, 6.07) is 4.24. The minimum atomic E-state index is -0.477. The van der Waals surface area contributed by atoms with E-state index in [-0.39, 0.29) is 11.6 Å². The van der Waals surface area contributed by atoms with Crippen LogP contribution >= 0.6 is 0 Å². The molecule has 2 heterocycles. The lowest BCUT2D eigenvalue weighted by Crippen LogP contribution is -2.51. The molecule has 28 heavy (non-hydrogen) atoms. The second-order valence-electron chi connectivity index (χ2n) is 7.36. The number of rotatable bonds is 6. The van der Waals surface area contributed by atoms with Crippen molar-refractivity contribution < 1.29 is 13.5 Å². The molecule has 1 saturated heterocycles. The summed E-state index contributed by atoms with van der Waals surface area (Å²) < 4.78 is 33.2. The monoisotopic (exact) mass is 392 g/mol. The van der Waals surface area contributed by atoms with Crippen molar-refractivity contribution in [2.24, 2.45) is 4.99 Å². The smallest absolute Gasteiger partial charge is 0.191 e. The van der Waals surface area contributed by atoms with Crippen molar-refractivity contribution in [3.8, 4) is 0 Å². The largest absolute Gasteiger partial charge is 0.377 e. The van der Waals surface area contributed by atoms with Gasteiger partial charge in [0, 0.05) is 38.3 Å². The molecule has 2 aliphatic heterocycles. The van der Waals surface area contributed by atoms with Crippen LogP contribution in [0.25, 0.3) is 0 Å². The van der Waals surface area contributed by atoms with E-state index in [1.165, 1.54) is 23.8 Å². The van der Waals surface area contributed by atoms with Crippen molar-refractivity contribution in [1.29, 1.82) is 0 Å². The fraction of sp³-hybridized carbons (Fsp3) is 0.571. The molecule has 154 valence electrons. The van der Waals surface area contributed by atoms with Gasteiger partial charge >= 0.3 is 0 Å². The highest BCUT2D eigenvalue weighted by Crippen LogP contribution is 2.18. The zero-order valence-corrected chi connectivity index (χ0v) is 16.5. The van der Waals surface area contributed by atoms with Gasteiger partial charge in [0.15, 0.2) is 5.96 Å². The average molecular weight is 392 g/mol. The van der Waals surface area contributed by atoms with Crippen LogP contribution in [0.4, 0.5) is 8.78 Å². The molecule has 1 aromatic carbocycles. The molecule has 0 saturated carbocycles. The number of halogens is 2. The molecule has 0 bridgehead atoms. The summed E-state index contributed by atoms with van der Waals surface area (Å²) in [7, 11) is 1.76. The molecule has 1 fully saturated rings. The maximum Gasteiger partial charge on any atom is 0.191 e. The first kappa shape index (κ1) is 20.7. The Hall–Kier alpha value is -1.99. The van der Waals surface area contributed by atoms with Gasteiger partial charge in [0.1, 0.15) is 11.6 Å². The number of likely N-dealkylation sites (tertiary alicyclic amines) is 1. The van der Waals surface area contributed by atoms with Crippen molar-refractivity contribution in [3.63, 3.8) is 0 Å². The van der Waals surface area contributed by atoms with Crippen molar-refractivity contribution in [2.45, 2.75) is 38.3 Å². The number of guanidine groups is 1. The van der Waals surface area contributed by atoms with Gasteiger partial charge in [0.2, 0.25) is 0 Å². The SMILES string of the molecule is CN=C(NCCC1=CCOCC1)NC1CCCN(Cc2c(F)cccc2F)C1. The van der Waals surface area contributed by atoms with Gasteiger partial charge in [-0.25, -0.2) is 8.78 Å². The van der Waals surface area contributed by atoms with Gasteiger partial charge < -0.3 is 15.4 Å². The van der Waals surface area contributed by atoms with Crippen LogP contribution in [0.5, 0.6) is 0 Å². The van der Waals surface area contributed by atoms with Crippen LogP contribution in [0.1, 0.15) is 31.2 Å². The second kappa shape index (κ2) is 10.5. The van der Waals surface area contributed by atoms with Crippen LogP contribution < -0.4 is 10.6 Å². The predicted octanol–water partition coefficient (Wildman–Crippen LogP) is 2.83. The third kappa shape index (κ3) is 6.01. The van der Waals surface area contributed by atoms with E-state index in [9.17, 15) is 8.78 Å². The Balaban J connectivity index is 1.47. The fourth-order valence-corrected chi connectivity index (χ4v) is 3.75. The van der Waals surface area contributed by atoms with Crippen molar-refractivity contribution in [2.75, 3.05) is 39.9 Å². The minimum Gasteiger partial charge on any atom is -0.377 e. The van der Waals surface area contributed by atoms with E-state index in [0.29, 0.717) is 13.2 Å². The second-order valence-corrected chi connectivity index (χ2v) is 7.36. The zero-order chi connectivity index (χ0) is 19.8. The molecule has 1 aromatic rings. The van der Waals surface area contributed by atoms with E-state index in [0.717, 1.165) is 57.9 Å². The van der Waals surface area contributed by atoms with Crippen LogP contribution in [0.2, 0.25) is 0 Å². The number of benzene rings is 1. The Labute approximate surface area is 165 Å². The summed E-state index contributed by atoms with van der Waals surface area (Å²) in [6.07, 6.45) is 6.13. The van der Waals surface area contributed by atoms with Crippen LogP contribution in [0, 0.1) is 11.6 Å². The topological polar surface area (TPSA) is 48.9 Å². The fourth-order valence-electron chi connectivity index (χ4n) is 3.75. The summed E-state index contributed by atoms with van der Waals surface area (Å²) in [6.45, 7) is 4.20. The number of piperidine rings is 1. The molecule has 2 N–H and O–H groups in total. The number of nitrogens with zero attached hydrogens (tertiary/aromatic N) is 2. The summed E-state index contributed by atoms with van der Waals surface area (Å²) in [5.41, 5.74) is 1.57. The molecule has 7 heteroatoms. The van der Waals surface area contributed by atoms with E-state index >= 15 is 0 Å². The first-order valence-electron chi connectivity index (χ1n) is 10.0. The summed E-state index contributed by atoms with van der Waals surface area (Å²) >= 11 is 0. The molecule has 1 unspecified atom stereocenters. The number of aliphatic imine (C=N–C) groups is 1. The van der Waals surface area contributed by atoms with Crippen LogP contribution in [-0.2, 0) is 11.3 Å². The van der Waals surface area contributed by atoms with E-state index in [2.05, 4.69) is 26.6 Å². The van der Waals surface area contributed by atoms with Crippen molar-refractivity contribution >= 4 is 5.96 Å². The van der Waals surface area contributed by atoms with Gasteiger partial charge in [0.05, 0.1) is 13.2 Å². The lowest BCUT2D eigenvalue weighted by atomic mass is 10.0. The van der Waals surface area contributed by atoms with Crippen LogP contribution in [0.3, 0.4) is 0 Å². The van der Waals surface area contributed by atoms with Crippen LogP contribution in [-0.4, -0.2) is 56.8 Å². The molecule has 3 rings (SSSR count). The van der Waals surface area contributed by atoms with E-state index in [4.69, 9.17) is 4.74 Å². The Kier molecular flexibility index (Phi) is 7.80. The van der Waals surface area contributed by atoms with Crippen LogP contribution in [0.15, 0.2) is 34.8 Å². The van der Waals surface area contributed by atoms with Gasteiger partial charge in [-0.3, -0.25) is 9.89 Å². The first-order valence-corrected chi connectivity index (χ1v) is 10.0. The molecule has 0 aliphatic carbocycles. The van der Waals surface area contributed by atoms with Gasteiger partial charge in [-0.15, -0.1) is 0 Å². The highest BCUT2D eigenvalue weighted by Gasteiger charge is 2.22. The Morgan fingerprint density at radius 3 is 2.86 bits per heavy atom. The summed E-state index contributed by atoms with van der Waals surface area (Å²) in [4.78, 5) is 6.41. The highest BCUT2D eigenvalue weighted by molar-refractivity contribution is 5.80. The third-order valence-corrected chi connectivity index (χ3v) is 5.31. The van der Waals surface area contributed by atoms with Gasteiger partial charge in [-0.2, -0.15) is 0 Å². The molecule has 0 spiro atoms. The van der Waals surface area contributed by atoms with E-state index < -0.39 is 11.6 Å². The lowest BCUT2D eigenvalue weighted by Gasteiger charge is -2.34. The summed E-state index contributed by atoms with van der Waals surface area (Å²) in [5, 5.41) is 6.82. The molecule has 2 aliphatic rings. The number of hydrogen-bond acceptors (Lipinski definition) is 3. The van der Waals surface area contributed by atoms with Crippen molar-refractivity contribution in [3.05, 3.63) is 47.0 Å². The average Bonchev–Trinajstić information content (AvgIpc) is 2.71. The Morgan fingerprint density at radius 2 is 2.14 bits per heavy atom. The quantitative estimate of drug-likeness (QED) is 0.444. The summed E-state index contributed by atoms with van der Waals surface area (Å²) in [5.74, 6) is -0.179. The minimum absolute atomic E-state index is 0.149. The third-order valence-electron chi connectivity index (χ3n) is 5.31. The number of hydrogen-bond donors (Lipinski definition) is 2. The standard InChI is InChI=1S/C21H30F2N4O/c1-24-21(25-10-7-16-8-12-28-13-9-16)26-17-4-3-11-27(14-17)15-18-19(22)5-2-6-20(18)23/h2,5-6,8,17H,3-4,7,9-15H2,1H3,(H2,24,25,26). The predicted molar refractivity (Wildman–Crippen MR) is 107 cm³/mol. The molecule has 1 atom stereocenters. The maximum absolute atomic E-state index is 13.9. The molecule has 5 nitrogen and oxygen atoms in total. The molecule has 0 amide bonds. The Bertz CT molecular complexity index is 687. The van der Waals surface area contributed by atoms with Gasteiger partial charge in [0.25, 0.3) is 0 Å². The van der Waals surface area contributed by atoms with E-state index in [1.54, 1.807) is 7.05 Å².